The molecule has 1 fully saturated rings. The molecule has 1 saturated carbocycles. The molecule has 0 saturated heterocycles. The fourth-order valence-electron chi connectivity index (χ4n) is 3.20. The zero-order valence-electron chi connectivity index (χ0n) is 15.2. The zero-order valence-corrected chi connectivity index (χ0v) is 16.0. The van der Waals surface area contributed by atoms with Crippen LogP contribution in [-0.4, -0.2) is 35.7 Å². The van der Waals surface area contributed by atoms with Crippen LogP contribution in [0.15, 0.2) is 23.1 Å². The van der Waals surface area contributed by atoms with Crippen molar-refractivity contribution in [1.82, 2.24) is 5.32 Å². The molecule has 0 bridgehead atoms. The highest BCUT2D eigenvalue weighted by molar-refractivity contribution is 8.00. The number of hydrogen-bond acceptors (Lipinski definition) is 6. The number of amides is 1. The highest BCUT2D eigenvalue weighted by Crippen LogP contribution is 2.31. The van der Waals surface area contributed by atoms with Gasteiger partial charge in [-0.1, -0.05) is 26.7 Å². The van der Waals surface area contributed by atoms with Crippen molar-refractivity contribution in [2.24, 2.45) is 11.8 Å². The van der Waals surface area contributed by atoms with Crippen molar-refractivity contribution >= 4 is 29.3 Å². The Kier molecular flexibility index (Phi) is 7.02. The summed E-state index contributed by atoms with van der Waals surface area (Å²) in [5, 5.41) is 14.3. The Morgan fingerprint density at radius 3 is 2.73 bits per heavy atom. The Labute approximate surface area is 157 Å². The Morgan fingerprint density at radius 2 is 2.08 bits per heavy atom. The smallest absolute Gasteiger partial charge is 0.338 e. The second-order valence-corrected chi connectivity index (χ2v) is 7.68. The lowest BCUT2D eigenvalue weighted by atomic mass is 9.78. The summed E-state index contributed by atoms with van der Waals surface area (Å²) in [6.07, 6.45) is 3.25. The van der Waals surface area contributed by atoms with Gasteiger partial charge in [0.1, 0.15) is 0 Å². The van der Waals surface area contributed by atoms with E-state index in [2.05, 4.69) is 23.9 Å². The van der Waals surface area contributed by atoms with E-state index >= 15 is 0 Å². The maximum Gasteiger partial charge on any atom is 0.338 e. The van der Waals surface area contributed by atoms with Gasteiger partial charge in [-0.2, -0.15) is 0 Å². The minimum Gasteiger partial charge on any atom is -0.465 e. The Hall–Kier alpha value is -2.09. The highest BCUT2D eigenvalue weighted by atomic mass is 32.2. The molecule has 1 aromatic rings. The van der Waals surface area contributed by atoms with Crippen LogP contribution in [0.3, 0.4) is 0 Å². The molecule has 0 aromatic heterocycles. The fraction of sp³-hybridized carbons (Fsp3) is 0.556. The summed E-state index contributed by atoms with van der Waals surface area (Å²) in [4.78, 5) is 34.8. The summed E-state index contributed by atoms with van der Waals surface area (Å²) < 4.78 is 4.58. The fourth-order valence-corrected chi connectivity index (χ4v) is 4.02. The van der Waals surface area contributed by atoms with Gasteiger partial charge >= 0.3 is 5.97 Å². The lowest BCUT2D eigenvalue weighted by Gasteiger charge is -2.34. The van der Waals surface area contributed by atoms with Crippen molar-refractivity contribution < 1.29 is 19.2 Å². The summed E-state index contributed by atoms with van der Waals surface area (Å²) >= 11 is 1.10. The molecule has 0 spiro atoms. The van der Waals surface area contributed by atoms with Gasteiger partial charge < -0.3 is 10.1 Å². The molecule has 1 N–H and O–H groups in total. The van der Waals surface area contributed by atoms with Gasteiger partial charge in [0.15, 0.2) is 0 Å². The third kappa shape index (κ3) is 4.97. The van der Waals surface area contributed by atoms with E-state index in [-0.39, 0.29) is 29.0 Å². The largest absolute Gasteiger partial charge is 0.465 e. The van der Waals surface area contributed by atoms with E-state index in [4.69, 9.17) is 0 Å². The number of rotatable bonds is 6. The maximum absolute atomic E-state index is 12.3. The number of carbonyl (C=O) groups excluding carboxylic acids is 2. The second kappa shape index (κ2) is 9.02. The number of nitrogens with zero attached hydrogens (tertiary/aromatic N) is 1. The number of nitro benzene ring substituents is 1. The lowest BCUT2D eigenvalue weighted by molar-refractivity contribution is -0.387. The number of carbonyl (C=O) groups is 2. The molecule has 0 aliphatic heterocycles. The number of benzene rings is 1. The van der Waals surface area contributed by atoms with E-state index in [9.17, 15) is 19.7 Å². The van der Waals surface area contributed by atoms with Crippen LogP contribution in [0.1, 0.15) is 43.5 Å². The molecule has 3 atom stereocenters. The quantitative estimate of drug-likeness (QED) is 0.351. The predicted molar refractivity (Wildman–Crippen MR) is 99.3 cm³/mol. The van der Waals surface area contributed by atoms with Gasteiger partial charge in [-0.25, -0.2) is 4.79 Å². The van der Waals surface area contributed by atoms with Crippen molar-refractivity contribution in [2.45, 2.75) is 44.0 Å². The molecule has 1 aliphatic rings. The molecular weight excluding hydrogens is 356 g/mol. The van der Waals surface area contributed by atoms with Crippen molar-refractivity contribution in [1.29, 1.82) is 0 Å². The number of methoxy groups -OCH3 is 1. The van der Waals surface area contributed by atoms with E-state index in [1.165, 1.54) is 31.7 Å². The van der Waals surface area contributed by atoms with Gasteiger partial charge in [0.2, 0.25) is 5.91 Å². The van der Waals surface area contributed by atoms with Crippen LogP contribution in [0.5, 0.6) is 0 Å². The van der Waals surface area contributed by atoms with Crippen molar-refractivity contribution in [2.75, 3.05) is 12.9 Å². The molecule has 2 rings (SSSR count). The van der Waals surface area contributed by atoms with Gasteiger partial charge in [-0.3, -0.25) is 14.9 Å². The molecule has 0 radical (unpaired) electrons. The average Bonchev–Trinajstić information content (AvgIpc) is 2.63. The average molecular weight is 380 g/mol. The molecule has 142 valence electrons. The van der Waals surface area contributed by atoms with Crippen LogP contribution >= 0.6 is 11.8 Å². The molecule has 1 aliphatic carbocycles. The van der Waals surface area contributed by atoms with Crippen LogP contribution in [0.2, 0.25) is 0 Å². The van der Waals surface area contributed by atoms with Crippen LogP contribution < -0.4 is 5.32 Å². The first kappa shape index (κ1) is 20.2. The number of thioether (sulfide) groups is 1. The topological polar surface area (TPSA) is 98.5 Å². The van der Waals surface area contributed by atoms with Crippen LogP contribution in [0.25, 0.3) is 0 Å². The van der Waals surface area contributed by atoms with E-state index in [1.807, 2.05) is 0 Å². The van der Waals surface area contributed by atoms with Crippen molar-refractivity contribution in [3.63, 3.8) is 0 Å². The van der Waals surface area contributed by atoms with E-state index in [1.54, 1.807) is 0 Å². The molecule has 0 heterocycles. The third-order valence-corrected chi connectivity index (χ3v) is 6.05. The van der Waals surface area contributed by atoms with E-state index in [0.717, 1.165) is 24.6 Å². The second-order valence-electron chi connectivity index (χ2n) is 6.66. The standard InChI is InChI=1S/C18H24N2O5S/c1-11-5-4-6-14(12(11)2)19-17(21)10-26-16-8-7-13(18(22)25-3)9-15(16)20(23)24/h7-9,11-12,14H,4-6,10H2,1-3H3,(H,19,21). The molecule has 1 aromatic carbocycles. The SMILES string of the molecule is COC(=O)c1ccc(SCC(=O)NC2CCCC(C)C2C)c([N+](=O)[O-])c1. The minimum absolute atomic E-state index is 0.0933. The summed E-state index contributed by atoms with van der Waals surface area (Å²) in [5.41, 5.74) is -0.0941. The first-order chi connectivity index (χ1) is 12.3. The molecule has 26 heavy (non-hydrogen) atoms. The predicted octanol–water partition coefficient (Wildman–Crippen LogP) is 3.41. The van der Waals surface area contributed by atoms with Crippen LogP contribution in [0, 0.1) is 22.0 Å². The lowest BCUT2D eigenvalue weighted by Crippen LogP contribution is -2.44. The molecule has 1 amide bonds. The number of hydrogen-bond donors (Lipinski definition) is 1. The minimum atomic E-state index is -0.636. The van der Waals surface area contributed by atoms with E-state index < -0.39 is 10.9 Å². The van der Waals surface area contributed by atoms with Crippen LogP contribution in [0.4, 0.5) is 5.69 Å². The molecule has 7 nitrogen and oxygen atoms in total. The first-order valence-electron chi connectivity index (χ1n) is 8.62. The number of nitrogens with one attached hydrogen (secondary N) is 1. The third-order valence-electron chi connectivity index (χ3n) is 4.99. The Bertz CT molecular complexity index is 694. The first-order valence-corrected chi connectivity index (χ1v) is 9.61. The van der Waals surface area contributed by atoms with Crippen LogP contribution in [-0.2, 0) is 9.53 Å². The zero-order chi connectivity index (χ0) is 19.3. The molecular formula is C18H24N2O5S. The monoisotopic (exact) mass is 380 g/mol. The normalized spacial score (nSPS) is 22.5. The highest BCUT2D eigenvalue weighted by Gasteiger charge is 2.28. The molecule has 3 unspecified atom stereocenters. The van der Waals surface area contributed by atoms with Crippen molar-refractivity contribution in [3.05, 3.63) is 33.9 Å². The number of nitro groups is 1. The maximum atomic E-state index is 12.3. The number of ether oxygens (including phenoxy) is 1. The summed E-state index contributed by atoms with van der Waals surface area (Å²) in [6.45, 7) is 4.35. The van der Waals surface area contributed by atoms with Gasteiger partial charge in [0.05, 0.1) is 28.2 Å². The van der Waals surface area contributed by atoms with Gasteiger partial charge in [-0.05, 0) is 30.4 Å². The van der Waals surface area contributed by atoms with Crippen molar-refractivity contribution in [3.8, 4) is 0 Å². The van der Waals surface area contributed by atoms with Gasteiger partial charge in [-0.15, -0.1) is 11.8 Å². The van der Waals surface area contributed by atoms with Gasteiger partial charge in [0.25, 0.3) is 5.69 Å². The summed E-state index contributed by atoms with van der Waals surface area (Å²) in [5.74, 6) is 0.325. The number of esters is 1. The summed E-state index contributed by atoms with van der Waals surface area (Å²) in [7, 11) is 1.22. The van der Waals surface area contributed by atoms with E-state index in [0.29, 0.717) is 16.7 Å². The Balaban J connectivity index is 2.00. The summed E-state index contributed by atoms with van der Waals surface area (Å²) in [6, 6.07) is 4.28. The molecule has 8 heteroatoms. The van der Waals surface area contributed by atoms with Gasteiger partial charge in [0, 0.05) is 12.1 Å². The Morgan fingerprint density at radius 1 is 1.35 bits per heavy atom.